The maximum absolute atomic E-state index is 11.5. The Kier molecular flexibility index (Phi) is 4.04. The zero-order valence-corrected chi connectivity index (χ0v) is 13.2. The van der Waals surface area contributed by atoms with E-state index < -0.39 is 0 Å². The summed E-state index contributed by atoms with van der Waals surface area (Å²) in [5, 5.41) is 2.97. The highest BCUT2D eigenvalue weighted by Crippen LogP contribution is 2.39. The van der Waals surface area contributed by atoms with Crippen molar-refractivity contribution in [1.29, 1.82) is 0 Å². The second-order valence-corrected chi connectivity index (χ2v) is 6.02. The lowest BCUT2D eigenvalue weighted by molar-refractivity contribution is -0.124. The summed E-state index contributed by atoms with van der Waals surface area (Å²) >= 11 is 0. The zero-order valence-electron chi connectivity index (χ0n) is 13.2. The smallest absolute Gasteiger partial charge is 0.321 e. The number of fused-ring (bicyclic) bond motifs is 1. The molecule has 3 atom stereocenters. The summed E-state index contributed by atoms with van der Waals surface area (Å²) in [6.45, 7) is 0.796. The van der Waals surface area contributed by atoms with Crippen LogP contribution in [0.25, 0.3) is 0 Å². The van der Waals surface area contributed by atoms with E-state index in [1.54, 1.807) is 14.2 Å². The van der Waals surface area contributed by atoms with Crippen molar-refractivity contribution in [1.82, 2.24) is 15.3 Å². The molecule has 1 aliphatic heterocycles. The molecule has 1 N–H and O–H groups in total. The number of hydrogen-bond donors (Lipinski definition) is 1. The average molecular weight is 306 g/mol. The fraction of sp³-hybridized carbons (Fsp3) is 0.667. The average Bonchev–Trinajstić information content (AvgIpc) is 2.96. The van der Waals surface area contributed by atoms with Gasteiger partial charge < -0.3 is 19.7 Å². The van der Waals surface area contributed by atoms with Gasteiger partial charge in [0.15, 0.2) is 0 Å². The van der Waals surface area contributed by atoms with Crippen LogP contribution in [-0.2, 0) is 4.79 Å². The number of carbonyl (C=O) groups is 1. The normalized spacial score (nSPS) is 27.0. The van der Waals surface area contributed by atoms with Crippen molar-refractivity contribution in [2.24, 2.45) is 11.8 Å². The number of nitrogens with one attached hydrogen (secondary N) is 1. The van der Waals surface area contributed by atoms with Crippen molar-refractivity contribution in [3.63, 3.8) is 0 Å². The molecule has 0 spiro atoms. The van der Waals surface area contributed by atoms with Gasteiger partial charge in [0.25, 0.3) is 0 Å². The van der Waals surface area contributed by atoms with Gasteiger partial charge in [-0.3, -0.25) is 4.79 Å². The van der Waals surface area contributed by atoms with Gasteiger partial charge in [0, 0.05) is 32.1 Å². The summed E-state index contributed by atoms with van der Waals surface area (Å²) in [5.74, 6) is 2.49. The number of hydrogen-bond acceptors (Lipinski definition) is 6. The van der Waals surface area contributed by atoms with Gasteiger partial charge in [-0.1, -0.05) is 0 Å². The Balaban J connectivity index is 1.77. The maximum atomic E-state index is 11.5. The Hall–Kier alpha value is -2.05. The number of methoxy groups -OCH3 is 2. The molecule has 1 aromatic heterocycles. The SMILES string of the molecule is COc1cc(N(C)[C@H]2C[C@H]3CC(=O)NC[C@H]3C2)nc(OC)n1. The third-order valence-electron chi connectivity index (χ3n) is 4.79. The molecule has 2 heterocycles. The van der Waals surface area contributed by atoms with Crippen LogP contribution < -0.4 is 19.7 Å². The highest BCUT2D eigenvalue weighted by molar-refractivity contribution is 5.77. The van der Waals surface area contributed by atoms with Gasteiger partial charge in [-0.05, 0) is 24.7 Å². The van der Waals surface area contributed by atoms with Gasteiger partial charge in [0.1, 0.15) is 5.82 Å². The van der Waals surface area contributed by atoms with E-state index in [-0.39, 0.29) is 5.91 Å². The Morgan fingerprint density at radius 3 is 2.73 bits per heavy atom. The van der Waals surface area contributed by atoms with Crippen molar-refractivity contribution >= 4 is 11.7 Å². The molecule has 0 aromatic carbocycles. The topological polar surface area (TPSA) is 76.6 Å². The maximum Gasteiger partial charge on any atom is 0.321 e. The van der Waals surface area contributed by atoms with Gasteiger partial charge >= 0.3 is 6.01 Å². The van der Waals surface area contributed by atoms with Gasteiger partial charge in [-0.25, -0.2) is 0 Å². The fourth-order valence-electron chi connectivity index (χ4n) is 3.51. The van der Waals surface area contributed by atoms with Crippen molar-refractivity contribution in [3.05, 3.63) is 6.07 Å². The van der Waals surface area contributed by atoms with E-state index in [0.29, 0.717) is 36.2 Å². The number of aromatic nitrogens is 2. The van der Waals surface area contributed by atoms with Crippen LogP contribution >= 0.6 is 0 Å². The minimum Gasteiger partial charge on any atom is -0.481 e. The van der Waals surface area contributed by atoms with Crippen molar-refractivity contribution in [2.45, 2.75) is 25.3 Å². The predicted molar refractivity (Wildman–Crippen MR) is 81.2 cm³/mol. The molecule has 120 valence electrons. The zero-order chi connectivity index (χ0) is 15.7. The number of anilines is 1. The van der Waals surface area contributed by atoms with Crippen LogP contribution in [0.3, 0.4) is 0 Å². The molecule has 1 saturated heterocycles. The van der Waals surface area contributed by atoms with Gasteiger partial charge in [-0.2, -0.15) is 9.97 Å². The lowest BCUT2D eigenvalue weighted by Crippen LogP contribution is -2.38. The summed E-state index contributed by atoms with van der Waals surface area (Å²) in [4.78, 5) is 22.2. The molecule has 22 heavy (non-hydrogen) atoms. The molecule has 0 radical (unpaired) electrons. The second-order valence-electron chi connectivity index (χ2n) is 6.02. The lowest BCUT2D eigenvalue weighted by Gasteiger charge is -2.26. The van der Waals surface area contributed by atoms with E-state index >= 15 is 0 Å². The van der Waals surface area contributed by atoms with Gasteiger partial charge in [-0.15, -0.1) is 0 Å². The minimum absolute atomic E-state index is 0.176. The third kappa shape index (κ3) is 2.80. The number of ether oxygens (including phenoxy) is 2. The number of amides is 1. The molecule has 7 heteroatoms. The minimum atomic E-state index is 0.176. The van der Waals surface area contributed by atoms with Crippen LogP contribution in [0.4, 0.5) is 5.82 Å². The van der Waals surface area contributed by atoms with Crippen LogP contribution in [-0.4, -0.2) is 49.7 Å². The van der Waals surface area contributed by atoms with E-state index in [2.05, 4.69) is 20.2 Å². The van der Waals surface area contributed by atoms with Crippen LogP contribution in [0, 0.1) is 11.8 Å². The highest BCUT2D eigenvalue weighted by atomic mass is 16.5. The molecule has 1 saturated carbocycles. The van der Waals surface area contributed by atoms with E-state index in [1.807, 2.05) is 13.1 Å². The van der Waals surface area contributed by atoms with E-state index in [9.17, 15) is 4.79 Å². The van der Waals surface area contributed by atoms with E-state index in [0.717, 1.165) is 25.2 Å². The monoisotopic (exact) mass is 306 g/mol. The summed E-state index contributed by atoms with van der Waals surface area (Å²) in [7, 11) is 5.14. The van der Waals surface area contributed by atoms with Crippen LogP contribution in [0.2, 0.25) is 0 Å². The molecule has 3 rings (SSSR count). The first-order chi connectivity index (χ1) is 10.6. The van der Waals surface area contributed by atoms with E-state index in [4.69, 9.17) is 9.47 Å². The Labute approximate surface area is 130 Å². The molecule has 2 aliphatic rings. The van der Waals surface area contributed by atoms with Gasteiger partial charge in [0.2, 0.25) is 11.8 Å². The molecule has 7 nitrogen and oxygen atoms in total. The standard InChI is InChI=1S/C15H22N4O3/c1-19(12-7-14(21-2)18-15(17-12)22-3)11-4-9-6-13(20)16-8-10(9)5-11/h7,9-11H,4-6,8H2,1-3H3,(H,16,20)/t9-,10+,11-/m0/s1. The highest BCUT2D eigenvalue weighted by Gasteiger charge is 2.40. The fourth-order valence-corrected chi connectivity index (χ4v) is 3.51. The van der Waals surface area contributed by atoms with Crippen LogP contribution in [0.5, 0.6) is 11.9 Å². The van der Waals surface area contributed by atoms with Crippen molar-refractivity contribution in [3.8, 4) is 11.9 Å². The number of nitrogens with zero attached hydrogens (tertiary/aromatic N) is 3. The Morgan fingerprint density at radius 1 is 1.23 bits per heavy atom. The molecule has 0 bridgehead atoms. The molecule has 2 fully saturated rings. The van der Waals surface area contributed by atoms with E-state index in [1.165, 1.54) is 0 Å². The quantitative estimate of drug-likeness (QED) is 0.888. The Bertz CT molecular complexity index is 543. The molecule has 1 aliphatic carbocycles. The largest absolute Gasteiger partial charge is 0.481 e. The van der Waals surface area contributed by atoms with Gasteiger partial charge in [0.05, 0.1) is 14.2 Å². The van der Waals surface area contributed by atoms with Crippen LogP contribution in [0.15, 0.2) is 6.07 Å². The summed E-state index contributed by atoms with van der Waals surface area (Å²) in [6.07, 6.45) is 2.73. The first-order valence-electron chi connectivity index (χ1n) is 7.57. The third-order valence-corrected chi connectivity index (χ3v) is 4.79. The summed E-state index contributed by atoms with van der Waals surface area (Å²) in [5.41, 5.74) is 0. The molecule has 1 aromatic rings. The molecule has 1 amide bonds. The van der Waals surface area contributed by atoms with Crippen molar-refractivity contribution < 1.29 is 14.3 Å². The second kappa shape index (κ2) is 5.98. The number of piperidine rings is 1. The summed E-state index contributed by atoms with van der Waals surface area (Å²) < 4.78 is 10.3. The number of carbonyl (C=O) groups excluding carboxylic acids is 1. The molecular weight excluding hydrogens is 284 g/mol. The van der Waals surface area contributed by atoms with Crippen molar-refractivity contribution in [2.75, 3.05) is 32.7 Å². The molecular formula is C15H22N4O3. The lowest BCUT2D eigenvalue weighted by atomic mass is 9.89. The Morgan fingerprint density at radius 2 is 2.00 bits per heavy atom. The first-order valence-corrected chi connectivity index (χ1v) is 7.57. The molecule has 0 unspecified atom stereocenters. The predicted octanol–water partition coefficient (Wildman–Crippen LogP) is 0.845. The summed E-state index contributed by atoms with van der Waals surface area (Å²) in [6, 6.07) is 2.48. The number of rotatable bonds is 4. The first kappa shape index (κ1) is 14.9. The van der Waals surface area contributed by atoms with Crippen LogP contribution in [0.1, 0.15) is 19.3 Å².